The fourth-order valence-electron chi connectivity index (χ4n) is 3.17. The lowest BCUT2D eigenvalue weighted by Gasteiger charge is -2.17. The Morgan fingerprint density at radius 3 is 2.46 bits per heavy atom. The highest BCUT2D eigenvalue weighted by atomic mass is 19.1. The molecule has 0 unspecified atom stereocenters. The molecule has 3 rings (SSSR count). The molecule has 1 heterocycles. The van der Waals surface area contributed by atoms with Crippen LogP contribution in [0, 0.1) is 19.7 Å². The molecule has 0 amide bonds. The lowest BCUT2D eigenvalue weighted by Crippen LogP contribution is -2.19. The van der Waals surface area contributed by atoms with Crippen molar-refractivity contribution in [3.63, 3.8) is 0 Å². The van der Waals surface area contributed by atoms with E-state index in [0.29, 0.717) is 13.1 Å². The molecule has 0 aliphatic heterocycles. The van der Waals surface area contributed by atoms with Crippen LogP contribution in [-0.2, 0) is 13.1 Å². The zero-order valence-electron chi connectivity index (χ0n) is 14.2. The van der Waals surface area contributed by atoms with E-state index in [-0.39, 0.29) is 11.2 Å². The fourth-order valence-corrected chi connectivity index (χ4v) is 3.17. The van der Waals surface area contributed by atoms with Crippen LogP contribution in [0.15, 0.2) is 47.3 Å². The molecule has 0 saturated carbocycles. The van der Waals surface area contributed by atoms with Crippen LogP contribution in [0.5, 0.6) is 0 Å². The van der Waals surface area contributed by atoms with E-state index in [2.05, 4.69) is 9.88 Å². The molecule has 0 radical (unpaired) electrons. The van der Waals surface area contributed by atoms with Gasteiger partial charge in [-0.05, 0) is 55.8 Å². The highest BCUT2D eigenvalue weighted by Gasteiger charge is 2.08. The van der Waals surface area contributed by atoms with E-state index in [0.717, 1.165) is 33.3 Å². The number of aromatic amines is 1. The number of rotatable bonds is 4. The van der Waals surface area contributed by atoms with E-state index < -0.39 is 0 Å². The molecule has 0 fully saturated rings. The van der Waals surface area contributed by atoms with Gasteiger partial charge < -0.3 is 4.98 Å². The topological polar surface area (TPSA) is 36.1 Å². The summed E-state index contributed by atoms with van der Waals surface area (Å²) in [7, 11) is 1.98. The van der Waals surface area contributed by atoms with Crippen LogP contribution < -0.4 is 5.43 Å². The van der Waals surface area contributed by atoms with Crippen LogP contribution in [0.4, 0.5) is 4.39 Å². The standard InChI is InChI=1S/C20H21FN2O/c1-13-8-14(2)20-18(9-13)22-17(10-19(20)24)12-23(3)11-15-4-6-16(21)7-5-15/h4-10H,11-12H2,1-3H3,(H,22,24). The Labute approximate surface area is 140 Å². The summed E-state index contributed by atoms with van der Waals surface area (Å²) in [4.78, 5) is 17.9. The van der Waals surface area contributed by atoms with Crippen LogP contribution in [0.25, 0.3) is 10.9 Å². The van der Waals surface area contributed by atoms with Gasteiger partial charge in [-0.15, -0.1) is 0 Å². The van der Waals surface area contributed by atoms with Crippen molar-refractivity contribution < 1.29 is 4.39 Å². The summed E-state index contributed by atoms with van der Waals surface area (Å²) in [5, 5.41) is 0.755. The molecular formula is C20H21FN2O. The molecule has 3 nitrogen and oxygen atoms in total. The number of fused-ring (bicyclic) bond motifs is 1. The predicted octanol–water partition coefficient (Wildman–Crippen LogP) is 3.92. The van der Waals surface area contributed by atoms with Gasteiger partial charge in [-0.2, -0.15) is 0 Å². The van der Waals surface area contributed by atoms with E-state index >= 15 is 0 Å². The first-order chi connectivity index (χ1) is 11.4. The summed E-state index contributed by atoms with van der Waals surface area (Å²) in [5.74, 6) is -0.231. The van der Waals surface area contributed by atoms with Crippen LogP contribution in [0.3, 0.4) is 0 Å². The largest absolute Gasteiger partial charge is 0.357 e. The Hall–Kier alpha value is -2.46. The Kier molecular flexibility index (Phi) is 4.49. The molecule has 0 bridgehead atoms. The van der Waals surface area contributed by atoms with Gasteiger partial charge in [-0.1, -0.05) is 18.2 Å². The van der Waals surface area contributed by atoms with Gasteiger partial charge in [0.15, 0.2) is 5.43 Å². The summed E-state index contributed by atoms with van der Waals surface area (Å²) in [6.07, 6.45) is 0. The summed E-state index contributed by atoms with van der Waals surface area (Å²) in [6.45, 7) is 5.30. The number of benzene rings is 2. The minimum atomic E-state index is -0.231. The van der Waals surface area contributed by atoms with Gasteiger partial charge in [0.05, 0.1) is 5.52 Å². The molecule has 24 heavy (non-hydrogen) atoms. The predicted molar refractivity (Wildman–Crippen MR) is 95.6 cm³/mol. The first-order valence-corrected chi connectivity index (χ1v) is 7.98. The van der Waals surface area contributed by atoms with E-state index in [9.17, 15) is 9.18 Å². The van der Waals surface area contributed by atoms with Crippen molar-refractivity contribution in [3.05, 3.63) is 80.9 Å². The van der Waals surface area contributed by atoms with Crippen LogP contribution in [0.1, 0.15) is 22.4 Å². The minimum Gasteiger partial charge on any atom is -0.357 e. The first kappa shape index (κ1) is 16.4. The summed E-state index contributed by atoms with van der Waals surface area (Å²) < 4.78 is 13.0. The van der Waals surface area contributed by atoms with E-state index in [1.807, 2.05) is 33.0 Å². The second kappa shape index (κ2) is 6.57. The van der Waals surface area contributed by atoms with Crippen LogP contribution in [-0.4, -0.2) is 16.9 Å². The van der Waals surface area contributed by atoms with Gasteiger partial charge in [0.25, 0.3) is 0 Å². The Balaban J connectivity index is 1.84. The second-order valence-electron chi connectivity index (χ2n) is 6.46. The summed E-state index contributed by atoms with van der Waals surface area (Å²) >= 11 is 0. The van der Waals surface area contributed by atoms with E-state index in [1.165, 1.54) is 12.1 Å². The van der Waals surface area contributed by atoms with Gasteiger partial charge in [-0.25, -0.2) is 4.39 Å². The maximum Gasteiger partial charge on any atom is 0.189 e. The number of hydrogen-bond donors (Lipinski definition) is 1. The van der Waals surface area contributed by atoms with Crippen LogP contribution in [0.2, 0.25) is 0 Å². The van der Waals surface area contributed by atoms with Crippen LogP contribution >= 0.6 is 0 Å². The molecular weight excluding hydrogens is 303 g/mol. The third-order valence-electron chi connectivity index (χ3n) is 4.13. The monoisotopic (exact) mass is 324 g/mol. The van der Waals surface area contributed by atoms with Crippen molar-refractivity contribution in [1.29, 1.82) is 0 Å². The van der Waals surface area contributed by atoms with Crippen molar-refractivity contribution in [2.24, 2.45) is 0 Å². The number of H-pyrrole nitrogens is 1. The van der Waals surface area contributed by atoms with Gasteiger partial charge in [-0.3, -0.25) is 9.69 Å². The third kappa shape index (κ3) is 3.54. The Bertz CT molecular complexity index is 929. The quantitative estimate of drug-likeness (QED) is 0.790. The average molecular weight is 324 g/mol. The molecule has 0 spiro atoms. The molecule has 2 aromatic carbocycles. The Morgan fingerprint density at radius 2 is 1.75 bits per heavy atom. The fraction of sp³-hybridized carbons (Fsp3) is 0.250. The Morgan fingerprint density at radius 1 is 1.04 bits per heavy atom. The molecule has 1 N–H and O–H groups in total. The van der Waals surface area contributed by atoms with Crippen molar-refractivity contribution in [1.82, 2.24) is 9.88 Å². The van der Waals surface area contributed by atoms with Gasteiger partial charge >= 0.3 is 0 Å². The van der Waals surface area contributed by atoms with Gasteiger partial charge in [0.2, 0.25) is 0 Å². The number of hydrogen-bond acceptors (Lipinski definition) is 2. The van der Waals surface area contributed by atoms with Crippen molar-refractivity contribution in [2.75, 3.05) is 7.05 Å². The first-order valence-electron chi connectivity index (χ1n) is 7.98. The number of nitrogens with one attached hydrogen (secondary N) is 1. The average Bonchev–Trinajstić information content (AvgIpc) is 2.48. The molecule has 0 saturated heterocycles. The maximum atomic E-state index is 13.0. The number of nitrogens with zero attached hydrogens (tertiary/aromatic N) is 1. The SMILES string of the molecule is Cc1cc(C)c2c(=O)cc(CN(C)Cc3ccc(F)cc3)[nH]c2c1. The lowest BCUT2D eigenvalue weighted by atomic mass is 10.1. The normalized spacial score (nSPS) is 11.4. The molecule has 1 aromatic heterocycles. The summed E-state index contributed by atoms with van der Waals surface area (Å²) in [6, 6.07) is 12.2. The van der Waals surface area contributed by atoms with E-state index in [4.69, 9.17) is 0 Å². The highest BCUT2D eigenvalue weighted by Crippen LogP contribution is 2.16. The summed E-state index contributed by atoms with van der Waals surface area (Å²) in [5.41, 5.74) is 4.97. The zero-order valence-corrected chi connectivity index (χ0v) is 14.2. The lowest BCUT2D eigenvalue weighted by molar-refractivity contribution is 0.315. The zero-order chi connectivity index (χ0) is 17.3. The number of pyridine rings is 1. The van der Waals surface area contributed by atoms with Gasteiger partial charge in [0, 0.05) is 30.2 Å². The molecule has 0 aliphatic carbocycles. The molecule has 124 valence electrons. The maximum absolute atomic E-state index is 13.0. The molecule has 3 aromatic rings. The number of halogens is 1. The second-order valence-corrected chi connectivity index (χ2v) is 6.46. The molecule has 0 aliphatic rings. The number of aromatic nitrogens is 1. The number of aryl methyl sites for hydroxylation is 2. The van der Waals surface area contributed by atoms with E-state index in [1.54, 1.807) is 18.2 Å². The smallest absolute Gasteiger partial charge is 0.189 e. The molecule has 4 heteroatoms. The minimum absolute atomic E-state index is 0.0476. The molecule has 0 atom stereocenters. The highest BCUT2D eigenvalue weighted by molar-refractivity contribution is 5.82. The third-order valence-corrected chi connectivity index (χ3v) is 4.13. The van der Waals surface area contributed by atoms with Crippen molar-refractivity contribution in [2.45, 2.75) is 26.9 Å². The van der Waals surface area contributed by atoms with Gasteiger partial charge in [0.1, 0.15) is 5.82 Å². The van der Waals surface area contributed by atoms with Crippen molar-refractivity contribution in [3.8, 4) is 0 Å². The van der Waals surface area contributed by atoms with Crippen molar-refractivity contribution >= 4 is 10.9 Å².